The van der Waals surface area contributed by atoms with Crippen molar-refractivity contribution in [2.75, 3.05) is 39.4 Å². The summed E-state index contributed by atoms with van der Waals surface area (Å²) in [4.78, 5) is 2.60. The lowest BCUT2D eigenvalue weighted by Gasteiger charge is -2.51. The lowest BCUT2D eigenvalue weighted by Crippen LogP contribution is -2.63. The number of piperazine rings is 1. The highest BCUT2D eigenvalue weighted by Gasteiger charge is 2.45. The number of hydrogen-bond acceptors (Lipinski definition) is 3. The average Bonchev–Trinajstić information content (AvgIpc) is 2.41. The number of nitrogens with zero attached hydrogens (tertiary/aromatic N) is 1. The number of ether oxygens (including phenoxy) is 1. The van der Waals surface area contributed by atoms with Crippen molar-refractivity contribution in [1.29, 1.82) is 0 Å². The van der Waals surface area contributed by atoms with Crippen LogP contribution < -0.4 is 5.32 Å². The summed E-state index contributed by atoms with van der Waals surface area (Å²) in [6, 6.07) is 9.22. The van der Waals surface area contributed by atoms with Crippen molar-refractivity contribution >= 4 is 0 Å². The fraction of sp³-hybridized carbons (Fsp3) is 0.625. The Morgan fingerprint density at radius 3 is 2.37 bits per heavy atom. The van der Waals surface area contributed by atoms with E-state index in [1.807, 2.05) is 0 Å². The van der Waals surface area contributed by atoms with E-state index in [9.17, 15) is 0 Å². The first kappa shape index (κ1) is 13.1. The smallest absolute Gasteiger partial charge is 0.0934 e. The van der Waals surface area contributed by atoms with Gasteiger partial charge in [0.05, 0.1) is 18.8 Å². The summed E-state index contributed by atoms with van der Waals surface area (Å²) in [6.45, 7) is 8.36. The first-order chi connectivity index (χ1) is 9.35. The maximum atomic E-state index is 5.56. The van der Waals surface area contributed by atoms with Gasteiger partial charge in [-0.2, -0.15) is 0 Å². The van der Waals surface area contributed by atoms with E-state index in [0.29, 0.717) is 0 Å². The van der Waals surface area contributed by atoms with Gasteiger partial charge >= 0.3 is 0 Å². The summed E-state index contributed by atoms with van der Waals surface area (Å²) in [6.07, 6.45) is 2.39. The van der Waals surface area contributed by atoms with Crippen LogP contribution in [0.25, 0.3) is 0 Å². The van der Waals surface area contributed by atoms with Gasteiger partial charge in [0.1, 0.15) is 0 Å². The van der Waals surface area contributed by atoms with E-state index in [4.69, 9.17) is 4.74 Å². The Balaban J connectivity index is 1.80. The molecule has 2 aliphatic rings. The molecular weight excluding hydrogens is 236 g/mol. The largest absolute Gasteiger partial charge is 0.377 e. The maximum absolute atomic E-state index is 5.56. The van der Waals surface area contributed by atoms with Crippen molar-refractivity contribution in [2.24, 2.45) is 0 Å². The van der Waals surface area contributed by atoms with Crippen molar-refractivity contribution in [3.8, 4) is 0 Å². The van der Waals surface area contributed by atoms with Gasteiger partial charge < -0.3 is 10.1 Å². The Bertz CT molecular complexity index is 405. The second-order valence-corrected chi connectivity index (χ2v) is 5.71. The van der Waals surface area contributed by atoms with Gasteiger partial charge in [-0.3, -0.25) is 4.90 Å². The van der Waals surface area contributed by atoms with Crippen LogP contribution in [0, 0.1) is 0 Å². The fourth-order valence-electron chi connectivity index (χ4n) is 3.19. The molecule has 2 fully saturated rings. The molecule has 2 aliphatic heterocycles. The van der Waals surface area contributed by atoms with Crippen LogP contribution in [-0.2, 0) is 16.7 Å². The van der Waals surface area contributed by atoms with Crippen LogP contribution >= 0.6 is 0 Å². The van der Waals surface area contributed by atoms with Crippen LogP contribution in [0.1, 0.15) is 24.5 Å². The van der Waals surface area contributed by atoms with Gasteiger partial charge in [0, 0.05) is 26.2 Å². The quantitative estimate of drug-likeness (QED) is 0.893. The van der Waals surface area contributed by atoms with E-state index in [1.54, 1.807) is 0 Å². The second-order valence-electron chi connectivity index (χ2n) is 5.71. The van der Waals surface area contributed by atoms with Crippen LogP contribution in [0.5, 0.6) is 0 Å². The van der Waals surface area contributed by atoms with Crippen LogP contribution in [0.3, 0.4) is 0 Å². The molecule has 2 heterocycles. The summed E-state index contributed by atoms with van der Waals surface area (Å²) in [5, 5.41) is 3.43. The Morgan fingerprint density at radius 2 is 1.84 bits per heavy atom. The molecule has 3 nitrogen and oxygen atoms in total. The fourth-order valence-corrected chi connectivity index (χ4v) is 3.19. The predicted molar refractivity (Wildman–Crippen MR) is 77.4 cm³/mol. The number of benzene rings is 1. The number of aryl methyl sites for hydroxylation is 1. The summed E-state index contributed by atoms with van der Waals surface area (Å²) in [7, 11) is 0. The van der Waals surface area contributed by atoms with Crippen molar-refractivity contribution in [3.05, 3.63) is 35.4 Å². The molecule has 3 heteroatoms. The minimum Gasteiger partial charge on any atom is -0.377 e. The third kappa shape index (κ3) is 2.42. The van der Waals surface area contributed by atoms with E-state index in [2.05, 4.69) is 41.4 Å². The predicted octanol–water partition coefficient (Wildman–Crippen LogP) is 1.77. The Morgan fingerprint density at radius 1 is 1.16 bits per heavy atom. The Labute approximate surface area is 115 Å². The third-order valence-electron chi connectivity index (χ3n) is 4.43. The molecule has 1 N–H and O–H groups in total. The molecule has 1 aromatic rings. The summed E-state index contributed by atoms with van der Waals surface area (Å²) in [5.41, 5.74) is 3.02. The number of hydrogen-bond donors (Lipinski definition) is 1. The van der Waals surface area contributed by atoms with Gasteiger partial charge in [-0.05, 0) is 17.5 Å². The normalized spacial score (nSPS) is 23.0. The highest BCUT2D eigenvalue weighted by molar-refractivity contribution is 5.31. The van der Waals surface area contributed by atoms with Crippen molar-refractivity contribution < 1.29 is 4.74 Å². The van der Waals surface area contributed by atoms with Gasteiger partial charge in [-0.15, -0.1) is 0 Å². The van der Waals surface area contributed by atoms with E-state index in [0.717, 1.165) is 39.4 Å². The van der Waals surface area contributed by atoms with E-state index in [-0.39, 0.29) is 5.54 Å². The second kappa shape index (κ2) is 5.61. The van der Waals surface area contributed by atoms with E-state index >= 15 is 0 Å². The first-order valence-corrected chi connectivity index (χ1v) is 7.48. The number of nitrogens with one attached hydrogen (secondary N) is 1. The molecular formula is C16H24N2O. The number of rotatable bonds is 4. The molecule has 0 aliphatic carbocycles. The molecule has 3 rings (SSSR count). The highest BCUT2D eigenvalue weighted by Crippen LogP contribution is 2.36. The van der Waals surface area contributed by atoms with Crippen LogP contribution in [0.15, 0.2) is 24.3 Å². The van der Waals surface area contributed by atoms with Crippen LogP contribution in [0.2, 0.25) is 0 Å². The molecule has 0 radical (unpaired) electrons. The molecule has 0 atom stereocenters. The van der Waals surface area contributed by atoms with E-state index in [1.165, 1.54) is 24.0 Å². The molecule has 1 aromatic carbocycles. The average molecular weight is 260 g/mol. The van der Waals surface area contributed by atoms with Gasteiger partial charge in [0.2, 0.25) is 0 Å². The molecule has 0 amide bonds. The SMILES string of the molecule is CCCc1ccc(C2(N3CCNCC3)COC2)cc1. The first-order valence-electron chi connectivity index (χ1n) is 7.48. The zero-order valence-electron chi connectivity index (χ0n) is 11.8. The van der Waals surface area contributed by atoms with Gasteiger partial charge in [-0.25, -0.2) is 0 Å². The van der Waals surface area contributed by atoms with Crippen molar-refractivity contribution in [3.63, 3.8) is 0 Å². The van der Waals surface area contributed by atoms with Crippen molar-refractivity contribution in [2.45, 2.75) is 25.3 Å². The maximum Gasteiger partial charge on any atom is 0.0934 e. The standard InChI is InChI=1S/C16H24N2O/c1-2-3-14-4-6-15(7-5-14)16(12-19-13-16)18-10-8-17-9-11-18/h4-7,17H,2-3,8-13H2,1H3. The molecule has 19 heavy (non-hydrogen) atoms. The van der Waals surface area contributed by atoms with Crippen LogP contribution in [-0.4, -0.2) is 44.3 Å². The van der Waals surface area contributed by atoms with E-state index < -0.39 is 0 Å². The molecule has 2 saturated heterocycles. The summed E-state index contributed by atoms with van der Waals surface area (Å²) >= 11 is 0. The summed E-state index contributed by atoms with van der Waals surface area (Å²) in [5.74, 6) is 0. The Hall–Kier alpha value is -0.900. The van der Waals surface area contributed by atoms with Crippen LogP contribution in [0.4, 0.5) is 0 Å². The van der Waals surface area contributed by atoms with Crippen molar-refractivity contribution in [1.82, 2.24) is 10.2 Å². The molecule has 104 valence electrons. The topological polar surface area (TPSA) is 24.5 Å². The minimum atomic E-state index is 0.146. The Kier molecular flexibility index (Phi) is 3.87. The third-order valence-corrected chi connectivity index (χ3v) is 4.43. The van der Waals surface area contributed by atoms with Gasteiger partial charge in [0.25, 0.3) is 0 Å². The zero-order chi connectivity index (χ0) is 13.1. The highest BCUT2D eigenvalue weighted by atomic mass is 16.5. The van der Waals surface area contributed by atoms with Gasteiger partial charge in [-0.1, -0.05) is 37.6 Å². The molecule has 0 bridgehead atoms. The summed E-state index contributed by atoms with van der Waals surface area (Å²) < 4.78 is 5.56. The lowest BCUT2D eigenvalue weighted by molar-refractivity contribution is -0.149. The lowest BCUT2D eigenvalue weighted by atomic mass is 9.85. The van der Waals surface area contributed by atoms with Gasteiger partial charge in [0.15, 0.2) is 0 Å². The minimum absolute atomic E-state index is 0.146. The molecule has 0 saturated carbocycles. The zero-order valence-corrected chi connectivity index (χ0v) is 11.8. The monoisotopic (exact) mass is 260 g/mol. The molecule has 0 spiro atoms. The molecule has 0 aromatic heterocycles. The molecule has 0 unspecified atom stereocenters.